The van der Waals surface area contributed by atoms with Gasteiger partial charge in [0.15, 0.2) is 10.7 Å². The summed E-state index contributed by atoms with van der Waals surface area (Å²) in [6.07, 6.45) is 6.53. The van der Waals surface area contributed by atoms with Gasteiger partial charge in [0.2, 0.25) is 11.8 Å². The molecule has 0 aromatic carbocycles. The van der Waals surface area contributed by atoms with Gasteiger partial charge in [-0.05, 0) is 0 Å². The molecule has 0 atom stereocenters. The fourth-order valence-corrected chi connectivity index (χ4v) is 1.81. The number of carbonyl (C=O) groups excluding carboxylic acids is 1. The molecule has 0 bridgehead atoms. The number of carbonyl (C=O) groups is 1. The Kier molecular flexibility index (Phi) is 3.17. The zero-order valence-corrected chi connectivity index (χ0v) is 9.97. The van der Waals surface area contributed by atoms with Crippen LogP contribution in [0.15, 0.2) is 6.20 Å². The van der Waals surface area contributed by atoms with Crippen LogP contribution >= 0.6 is 11.3 Å². The lowest BCUT2D eigenvalue weighted by Crippen LogP contribution is -2.13. The number of thiazole rings is 1. The number of terminal acetylenes is 1. The largest absolute Gasteiger partial charge is 0.492 e. The summed E-state index contributed by atoms with van der Waals surface area (Å²) in [6, 6.07) is -0.851. The van der Waals surface area contributed by atoms with Crippen LogP contribution in [0.25, 0.3) is 0 Å². The average molecular weight is 278 g/mol. The van der Waals surface area contributed by atoms with E-state index in [1.165, 1.54) is 6.20 Å². The van der Waals surface area contributed by atoms with E-state index < -0.39 is 29.2 Å². The van der Waals surface area contributed by atoms with Crippen molar-refractivity contribution in [1.82, 2.24) is 15.0 Å². The summed E-state index contributed by atoms with van der Waals surface area (Å²) in [5.74, 6) is -0.244. The van der Waals surface area contributed by atoms with Crippen molar-refractivity contribution in [1.29, 1.82) is 0 Å². The summed E-state index contributed by atoms with van der Waals surface area (Å²) in [4.78, 5) is 22.4. The lowest BCUT2D eigenvalue weighted by molar-refractivity contribution is 0.102. The normalized spacial score (nSPS) is 9.84. The van der Waals surface area contributed by atoms with Crippen LogP contribution in [-0.2, 0) is 0 Å². The highest BCUT2D eigenvalue weighted by Crippen LogP contribution is 2.26. The number of hydrogen-bond acceptors (Lipinski definition) is 8. The predicted molar refractivity (Wildman–Crippen MR) is 65.0 cm³/mol. The van der Waals surface area contributed by atoms with Gasteiger partial charge in [0, 0.05) is 0 Å². The number of anilines is 1. The first-order chi connectivity index (χ1) is 9.01. The molecule has 4 N–H and O–H groups in total. The fourth-order valence-electron chi connectivity index (χ4n) is 1.19. The Bertz CT molecular complexity index is 668. The molecule has 2 aromatic heterocycles. The predicted octanol–water partition coefficient (Wildman–Crippen LogP) is 0.283. The van der Waals surface area contributed by atoms with Gasteiger partial charge in [-0.25, -0.2) is 4.98 Å². The van der Waals surface area contributed by atoms with Gasteiger partial charge in [0.05, 0.1) is 11.1 Å². The first-order valence-electron chi connectivity index (χ1n) is 4.74. The molecule has 2 heterocycles. The smallest absolute Gasteiger partial charge is 0.320 e. The number of hydrogen-bond donors (Lipinski definition) is 4. The number of aromatic nitrogens is 3. The van der Waals surface area contributed by atoms with E-state index in [0.717, 1.165) is 11.3 Å². The minimum Gasteiger partial charge on any atom is -0.492 e. The standard InChI is InChI=1S/C10H6N4O4S/c1-2-4-3-11-10(19-4)14-8(17)5-6(15)12-9(18)13-7(5)16/h1,3H,(H,11,14,17)(H3,12,13,15,16,18). The highest BCUT2D eigenvalue weighted by atomic mass is 32.1. The summed E-state index contributed by atoms with van der Waals surface area (Å²) in [5.41, 5.74) is -0.574. The molecule has 0 spiro atoms. The molecule has 0 unspecified atom stereocenters. The van der Waals surface area contributed by atoms with Gasteiger partial charge in [0.25, 0.3) is 5.91 Å². The molecule has 0 radical (unpaired) electrons. The number of aromatic hydroxyl groups is 3. The summed E-state index contributed by atoms with van der Waals surface area (Å²) in [6.45, 7) is 0. The van der Waals surface area contributed by atoms with Gasteiger partial charge in [-0.2, -0.15) is 9.97 Å². The Labute approximate surface area is 110 Å². The third-order valence-electron chi connectivity index (χ3n) is 1.95. The molecule has 19 heavy (non-hydrogen) atoms. The summed E-state index contributed by atoms with van der Waals surface area (Å²) < 4.78 is 0. The molecular formula is C10H6N4O4S. The highest BCUT2D eigenvalue weighted by Gasteiger charge is 2.21. The molecule has 0 saturated carbocycles. The number of nitrogens with zero attached hydrogens (tertiary/aromatic N) is 3. The lowest BCUT2D eigenvalue weighted by atomic mass is 10.3. The van der Waals surface area contributed by atoms with Gasteiger partial charge in [-0.15, -0.1) is 6.42 Å². The van der Waals surface area contributed by atoms with E-state index in [2.05, 4.69) is 26.2 Å². The minimum atomic E-state index is -0.882. The average Bonchev–Trinajstić information content (AvgIpc) is 2.75. The van der Waals surface area contributed by atoms with E-state index >= 15 is 0 Å². The van der Waals surface area contributed by atoms with Crippen molar-refractivity contribution in [3.8, 4) is 30.1 Å². The van der Waals surface area contributed by atoms with Crippen LogP contribution in [0.5, 0.6) is 17.8 Å². The molecule has 2 aromatic rings. The molecule has 2 rings (SSSR count). The van der Waals surface area contributed by atoms with Crippen LogP contribution in [0.2, 0.25) is 0 Å². The number of amides is 1. The molecule has 0 aliphatic heterocycles. The van der Waals surface area contributed by atoms with Crippen molar-refractivity contribution in [2.45, 2.75) is 0 Å². The third kappa shape index (κ3) is 2.53. The van der Waals surface area contributed by atoms with E-state index in [9.17, 15) is 15.0 Å². The molecule has 0 aliphatic carbocycles. The quantitative estimate of drug-likeness (QED) is 0.581. The number of rotatable bonds is 2. The van der Waals surface area contributed by atoms with Crippen molar-refractivity contribution >= 4 is 22.4 Å². The zero-order chi connectivity index (χ0) is 14.0. The topological polar surface area (TPSA) is 128 Å². The van der Waals surface area contributed by atoms with Gasteiger partial charge in [0.1, 0.15) is 0 Å². The van der Waals surface area contributed by atoms with Crippen molar-refractivity contribution in [2.24, 2.45) is 0 Å². The second-order valence-electron chi connectivity index (χ2n) is 3.17. The second-order valence-corrected chi connectivity index (χ2v) is 4.20. The highest BCUT2D eigenvalue weighted by molar-refractivity contribution is 7.16. The molecule has 96 valence electrons. The third-order valence-corrected chi connectivity index (χ3v) is 2.80. The Morgan fingerprint density at radius 2 is 1.95 bits per heavy atom. The fraction of sp³-hybridized carbons (Fsp3) is 0. The van der Waals surface area contributed by atoms with Crippen LogP contribution in [0.4, 0.5) is 5.13 Å². The monoisotopic (exact) mass is 278 g/mol. The number of nitrogens with one attached hydrogen (secondary N) is 1. The lowest BCUT2D eigenvalue weighted by Gasteiger charge is -2.04. The molecule has 0 fully saturated rings. The Morgan fingerprint density at radius 3 is 2.47 bits per heavy atom. The van der Waals surface area contributed by atoms with E-state index in [4.69, 9.17) is 11.5 Å². The van der Waals surface area contributed by atoms with Gasteiger partial charge >= 0.3 is 6.01 Å². The van der Waals surface area contributed by atoms with E-state index in [1.807, 2.05) is 0 Å². The molecule has 8 nitrogen and oxygen atoms in total. The van der Waals surface area contributed by atoms with Crippen LogP contribution in [0.3, 0.4) is 0 Å². The van der Waals surface area contributed by atoms with E-state index in [0.29, 0.717) is 4.88 Å². The van der Waals surface area contributed by atoms with Crippen LogP contribution < -0.4 is 5.32 Å². The van der Waals surface area contributed by atoms with Gasteiger partial charge < -0.3 is 15.3 Å². The van der Waals surface area contributed by atoms with Crippen molar-refractivity contribution < 1.29 is 20.1 Å². The van der Waals surface area contributed by atoms with Crippen LogP contribution in [0, 0.1) is 12.3 Å². The summed E-state index contributed by atoms with van der Waals surface area (Å²) >= 11 is 1.04. The first-order valence-corrected chi connectivity index (χ1v) is 5.55. The summed E-state index contributed by atoms with van der Waals surface area (Å²) in [7, 11) is 0. The Hall–Kier alpha value is -2.86. The van der Waals surface area contributed by atoms with Gasteiger partial charge in [-0.1, -0.05) is 17.3 Å². The van der Waals surface area contributed by atoms with Crippen LogP contribution in [-0.4, -0.2) is 36.2 Å². The summed E-state index contributed by atoms with van der Waals surface area (Å²) in [5, 5.41) is 30.2. The molecule has 0 aliphatic rings. The van der Waals surface area contributed by atoms with Crippen molar-refractivity contribution in [2.75, 3.05) is 5.32 Å². The molecule has 1 amide bonds. The van der Waals surface area contributed by atoms with Crippen molar-refractivity contribution in [3.05, 3.63) is 16.6 Å². The maximum absolute atomic E-state index is 11.8. The first kappa shape index (κ1) is 12.6. The zero-order valence-electron chi connectivity index (χ0n) is 9.15. The van der Waals surface area contributed by atoms with Crippen molar-refractivity contribution in [3.63, 3.8) is 0 Å². The molecule has 9 heteroatoms. The van der Waals surface area contributed by atoms with E-state index in [-0.39, 0.29) is 5.13 Å². The molecular weight excluding hydrogens is 272 g/mol. The molecule has 0 saturated heterocycles. The Morgan fingerprint density at radius 1 is 1.32 bits per heavy atom. The Balaban J connectivity index is 2.28. The maximum Gasteiger partial charge on any atom is 0.320 e. The second kappa shape index (κ2) is 4.79. The SMILES string of the molecule is C#Cc1cnc(NC(=O)c2c(O)nc(O)nc2O)s1. The van der Waals surface area contributed by atoms with E-state index in [1.54, 1.807) is 0 Å². The van der Waals surface area contributed by atoms with Crippen LogP contribution in [0.1, 0.15) is 15.2 Å². The minimum absolute atomic E-state index is 0.185. The maximum atomic E-state index is 11.8. The van der Waals surface area contributed by atoms with Gasteiger partial charge in [-0.3, -0.25) is 10.1 Å².